The molecule has 0 aliphatic rings. The largest absolute Gasteiger partial charge is 0.483 e. The number of fused-ring (bicyclic) bond motifs is 3. The van der Waals surface area contributed by atoms with Crippen molar-refractivity contribution < 1.29 is 18.7 Å². The van der Waals surface area contributed by atoms with Crippen molar-refractivity contribution in [3.63, 3.8) is 0 Å². The Bertz CT molecular complexity index is 1430. The van der Waals surface area contributed by atoms with Gasteiger partial charge in [-0.15, -0.1) is 0 Å². The molecule has 0 aliphatic heterocycles. The molecular weight excluding hydrogens is 444 g/mol. The molecule has 180 valence electrons. The highest BCUT2D eigenvalue weighted by atomic mass is 16.5. The number of benzene rings is 3. The Kier molecular flexibility index (Phi) is 7.15. The van der Waals surface area contributed by atoms with Crippen molar-refractivity contribution in [2.45, 2.75) is 39.3 Å². The van der Waals surface area contributed by atoms with E-state index in [4.69, 9.17) is 9.15 Å². The zero-order valence-corrected chi connectivity index (χ0v) is 20.0. The van der Waals surface area contributed by atoms with Crippen LogP contribution >= 0.6 is 0 Å². The lowest BCUT2D eigenvalue weighted by atomic mass is 10.0. The van der Waals surface area contributed by atoms with Crippen LogP contribution in [0.1, 0.15) is 25.0 Å². The van der Waals surface area contributed by atoms with E-state index in [1.807, 2.05) is 62.4 Å². The van der Waals surface area contributed by atoms with Crippen molar-refractivity contribution in [2.24, 2.45) is 0 Å². The summed E-state index contributed by atoms with van der Waals surface area (Å²) >= 11 is 0. The van der Waals surface area contributed by atoms with Crippen LogP contribution in [0.25, 0.3) is 21.7 Å². The molecule has 1 atom stereocenters. The van der Waals surface area contributed by atoms with E-state index in [-0.39, 0.29) is 18.6 Å². The van der Waals surface area contributed by atoms with Crippen LogP contribution in [0.15, 0.2) is 75.9 Å². The quantitative estimate of drug-likeness (QED) is 0.300. The van der Waals surface area contributed by atoms with E-state index in [0.717, 1.165) is 16.3 Å². The van der Waals surface area contributed by atoms with Gasteiger partial charge in [-0.2, -0.15) is 0 Å². The second kappa shape index (κ2) is 10.4. The normalized spacial score (nSPS) is 12.0. The third-order valence-electron chi connectivity index (χ3n) is 5.71. The molecule has 0 aliphatic carbocycles. The number of nitrogens with one attached hydrogen (secondary N) is 2. The van der Waals surface area contributed by atoms with Gasteiger partial charge >= 0.3 is 5.63 Å². The minimum atomic E-state index is -0.738. The fraction of sp³-hybridized carbons (Fsp3) is 0.250. The molecule has 35 heavy (non-hydrogen) atoms. The third kappa shape index (κ3) is 5.51. The number of rotatable bonds is 8. The topological polar surface area (TPSA) is 97.6 Å². The van der Waals surface area contributed by atoms with E-state index in [2.05, 4.69) is 10.6 Å². The molecule has 1 unspecified atom stereocenters. The van der Waals surface area contributed by atoms with Crippen molar-refractivity contribution in [3.8, 4) is 5.75 Å². The van der Waals surface area contributed by atoms with Crippen molar-refractivity contribution >= 4 is 33.6 Å². The van der Waals surface area contributed by atoms with Crippen molar-refractivity contribution in [1.29, 1.82) is 0 Å². The first kappa shape index (κ1) is 24.0. The van der Waals surface area contributed by atoms with Gasteiger partial charge in [0.1, 0.15) is 17.4 Å². The van der Waals surface area contributed by atoms with Crippen LogP contribution in [0.2, 0.25) is 0 Å². The first-order valence-electron chi connectivity index (χ1n) is 11.5. The minimum absolute atomic E-state index is 0.0556. The van der Waals surface area contributed by atoms with Crippen LogP contribution in [0, 0.1) is 6.92 Å². The van der Waals surface area contributed by atoms with Crippen molar-refractivity contribution in [2.75, 3.05) is 6.61 Å². The predicted octanol–water partition coefficient (Wildman–Crippen LogP) is 3.89. The maximum absolute atomic E-state index is 12.7. The number of aryl methyl sites for hydroxylation is 1. The van der Waals surface area contributed by atoms with E-state index < -0.39 is 17.6 Å². The predicted molar refractivity (Wildman–Crippen MR) is 136 cm³/mol. The molecule has 7 heteroatoms. The Morgan fingerprint density at radius 3 is 2.29 bits per heavy atom. The SMILES string of the molecule is Cc1c(OCC(=O)NC(Cc2ccccc2)C(=O)NC(C)C)ccc2c1oc(=O)c1ccccc12. The molecule has 7 nitrogen and oxygen atoms in total. The molecule has 4 aromatic rings. The summed E-state index contributed by atoms with van der Waals surface area (Å²) in [5, 5.41) is 7.74. The maximum Gasteiger partial charge on any atom is 0.344 e. The van der Waals surface area contributed by atoms with E-state index in [1.54, 1.807) is 25.1 Å². The summed E-state index contributed by atoms with van der Waals surface area (Å²) in [5.74, 6) is -0.255. The molecule has 2 amide bonds. The highest BCUT2D eigenvalue weighted by Gasteiger charge is 2.22. The lowest BCUT2D eigenvalue weighted by Gasteiger charge is -2.20. The Hall–Kier alpha value is -4.13. The molecule has 4 rings (SSSR count). The number of amides is 2. The van der Waals surface area contributed by atoms with E-state index in [1.165, 1.54) is 0 Å². The number of carbonyl (C=O) groups is 2. The zero-order valence-electron chi connectivity index (χ0n) is 20.0. The first-order chi connectivity index (χ1) is 16.8. The molecule has 0 saturated heterocycles. The van der Waals surface area contributed by atoms with Gasteiger partial charge in [0.15, 0.2) is 6.61 Å². The van der Waals surface area contributed by atoms with Gasteiger partial charge in [-0.25, -0.2) is 4.79 Å². The monoisotopic (exact) mass is 472 g/mol. The summed E-state index contributed by atoms with van der Waals surface area (Å²) in [6.07, 6.45) is 0.359. The van der Waals surface area contributed by atoms with Crippen LogP contribution in [0.5, 0.6) is 5.75 Å². The lowest BCUT2D eigenvalue weighted by Crippen LogP contribution is -2.50. The average Bonchev–Trinajstić information content (AvgIpc) is 2.84. The van der Waals surface area contributed by atoms with Gasteiger partial charge in [0.2, 0.25) is 5.91 Å². The zero-order chi connectivity index (χ0) is 24.9. The second-order valence-electron chi connectivity index (χ2n) is 8.76. The third-order valence-corrected chi connectivity index (χ3v) is 5.71. The summed E-state index contributed by atoms with van der Waals surface area (Å²) in [6.45, 7) is 5.23. The molecule has 0 fully saturated rings. The molecule has 0 saturated carbocycles. The summed E-state index contributed by atoms with van der Waals surface area (Å²) in [7, 11) is 0. The standard InChI is InChI=1S/C28H28N2O5/c1-17(2)29-27(32)23(15-19-9-5-4-6-10-19)30-25(31)16-34-24-14-13-21-20-11-7-8-12-22(20)28(33)35-26(21)18(24)3/h4-14,17,23H,15-16H2,1-3H3,(H,29,32)(H,30,31). The number of ether oxygens (including phenoxy) is 1. The average molecular weight is 473 g/mol. The molecule has 0 bridgehead atoms. The van der Waals surface area contributed by atoms with Gasteiger partial charge < -0.3 is 19.8 Å². The lowest BCUT2D eigenvalue weighted by molar-refractivity contribution is -0.130. The maximum atomic E-state index is 12.7. The molecular formula is C28H28N2O5. The van der Waals surface area contributed by atoms with Gasteiger partial charge in [-0.1, -0.05) is 48.5 Å². The van der Waals surface area contributed by atoms with Crippen LogP contribution in [0.3, 0.4) is 0 Å². The highest BCUT2D eigenvalue weighted by molar-refractivity contribution is 6.05. The Morgan fingerprint density at radius 1 is 0.886 bits per heavy atom. The summed E-state index contributed by atoms with van der Waals surface area (Å²) < 4.78 is 11.3. The fourth-order valence-electron chi connectivity index (χ4n) is 4.04. The number of hydrogen-bond acceptors (Lipinski definition) is 5. The van der Waals surface area contributed by atoms with Crippen molar-refractivity contribution in [1.82, 2.24) is 10.6 Å². The molecule has 0 radical (unpaired) electrons. The molecule has 2 N–H and O–H groups in total. The van der Waals surface area contributed by atoms with Crippen molar-refractivity contribution in [3.05, 3.63) is 88.3 Å². The van der Waals surface area contributed by atoms with E-state index in [9.17, 15) is 14.4 Å². The molecule has 3 aromatic carbocycles. The van der Waals surface area contributed by atoms with Crippen LogP contribution in [0.4, 0.5) is 0 Å². The second-order valence-corrected chi connectivity index (χ2v) is 8.76. The Balaban J connectivity index is 1.50. The molecule has 1 aromatic heterocycles. The fourth-order valence-corrected chi connectivity index (χ4v) is 4.04. The van der Waals surface area contributed by atoms with E-state index >= 15 is 0 Å². The Morgan fingerprint density at radius 2 is 1.57 bits per heavy atom. The highest BCUT2D eigenvalue weighted by Crippen LogP contribution is 2.30. The van der Waals surface area contributed by atoms with Crippen LogP contribution in [-0.4, -0.2) is 30.5 Å². The molecule has 0 spiro atoms. The van der Waals surface area contributed by atoms with Crippen LogP contribution < -0.4 is 21.0 Å². The number of carbonyl (C=O) groups excluding carboxylic acids is 2. The van der Waals surface area contributed by atoms with Gasteiger partial charge in [-0.05, 0) is 49.9 Å². The summed E-state index contributed by atoms with van der Waals surface area (Å²) in [5.41, 5.74) is 1.55. The van der Waals surface area contributed by atoms with Gasteiger partial charge in [0, 0.05) is 23.4 Å². The number of hydrogen-bond donors (Lipinski definition) is 2. The summed E-state index contributed by atoms with van der Waals surface area (Å²) in [6, 6.07) is 19.5. The van der Waals surface area contributed by atoms with Gasteiger partial charge in [0.05, 0.1) is 5.39 Å². The minimum Gasteiger partial charge on any atom is -0.483 e. The van der Waals surface area contributed by atoms with Gasteiger partial charge in [0.25, 0.3) is 5.91 Å². The first-order valence-corrected chi connectivity index (χ1v) is 11.5. The smallest absolute Gasteiger partial charge is 0.344 e. The van der Waals surface area contributed by atoms with Gasteiger partial charge in [-0.3, -0.25) is 9.59 Å². The molecule has 1 heterocycles. The Labute approximate surface area is 203 Å². The summed E-state index contributed by atoms with van der Waals surface area (Å²) in [4.78, 5) is 37.8. The van der Waals surface area contributed by atoms with Crippen LogP contribution in [-0.2, 0) is 16.0 Å². The van der Waals surface area contributed by atoms with E-state index in [0.29, 0.717) is 28.7 Å².